The fourth-order valence-corrected chi connectivity index (χ4v) is 4.24. The first-order valence-electron chi connectivity index (χ1n) is 5.93. The third-order valence-corrected chi connectivity index (χ3v) is 4.64. The Labute approximate surface area is 81.5 Å². The standard InChI is InChI=1S/C12H21N/c1-8(2)13-11-7-9(3)6-10(11)12(13)4-5-12/h8-11H,4-7H2,1-3H3. The van der Waals surface area contributed by atoms with E-state index in [2.05, 4.69) is 25.7 Å². The lowest BCUT2D eigenvalue weighted by molar-refractivity contribution is -0.0805. The number of hydrogen-bond acceptors (Lipinski definition) is 1. The predicted octanol–water partition coefficient (Wildman–Crippen LogP) is 2.66. The molecule has 3 rings (SSSR count). The Morgan fingerprint density at radius 1 is 1.23 bits per heavy atom. The molecule has 1 spiro atoms. The van der Waals surface area contributed by atoms with Gasteiger partial charge >= 0.3 is 0 Å². The van der Waals surface area contributed by atoms with E-state index in [4.69, 9.17) is 0 Å². The summed E-state index contributed by atoms with van der Waals surface area (Å²) in [5, 5.41) is 0. The van der Waals surface area contributed by atoms with Crippen molar-refractivity contribution < 1.29 is 0 Å². The zero-order valence-electron chi connectivity index (χ0n) is 9.09. The van der Waals surface area contributed by atoms with Gasteiger partial charge in [0.2, 0.25) is 0 Å². The Bertz CT molecular complexity index is 229. The van der Waals surface area contributed by atoms with Gasteiger partial charge in [0.15, 0.2) is 0 Å². The van der Waals surface area contributed by atoms with Crippen LogP contribution in [0.5, 0.6) is 0 Å². The lowest BCUT2D eigenvalue weighted by Gasteiger charge is -2.56. The first-order chi connectivity index (χ1) is 6.15. The van der Waals surface area contributed by atoms with Gasteiger partial charge in [-0.2, -0.15) is 0 Å². The Morgan fingerprint density at radius 2 is 1.92 bits per heavy atom. The molecule has 2 saturated carbocycles. The van der Waals surface area contributed by atoms with Crippen LogP contribution in [0.15, 0.2) is 0 Å². The van der Waals surface area contributed by atoms with Crippen LogP contribution in [0.2, 0.25) is 0 Å². The summed E-state index contributed by atoms with van der Waals surface area (Å²) >= 11 is 0. The maximum Gasteiger partial charge on any atom is 0.0259 e. The lowest BCUT2D eigenvalue weighted by atomic mass is 9.78. The number of likely N-dealkylation sites (tertiary alicyclic amines) is 1. The fraction of sp³-hybridized carbons (Fsp3) is 1.00. The molecule has 0 radical (unpaired) electrons. The van der Waals surface area contributed by atoms with E-state index in [1.54, 1.807) is 0 Å². The van der Waals surface area contributed by atoms with Crippen LogP contribution >= 0.6 is 0 Å². The minimum Gasteiger partial charge on any atom is -0.292 e. The molecular formula is C12H21N. The second-order valence-electron chi connectivity index (χ2n) is 5.86. The summed E-state index contributed by atoms with van der Waals surface area (Å²) in [7, 11) is 0. The Balaban J connectivity index is 1.83. The third kappa shape index (κ3) is 0.869. The van der Waals surface area contributed by atoms with Crippen LogP contribution < -0.4 is 0 Å². The van der Waals surface area contributed by atoms with Crippen molar-refractivity contribution in [2.75, 3.05) is 0 Å². The number of nitrogens with zero attached hydrogens (tertiary/aromatic N) is 1. The first kappa shape index (κ1) is 8.28. The molecule has 1 heterocycles. The molecule has 0 aromatic rings. The molecule has 3 aliphatic rings. The van der Waals surface area contributed by atoms with Crippen molar-refractivity contribution in [1.82, 2.24) is 4.90 Å². The molecule has 3 unspecified atom stereocenters. The van der Waals surface area contributed by atoms with Crippen molar-refractivity contribution in [2.45, 2.75) is 64.1 Å². The van der Waals surface area contributed by atoms with Crippen molar-refractivity contribution in [3.63, 3.8) is 0 Å². The molecule has 0 amide bonds. The molecule has 2 aliphatic carbocycles. The molecule has 0 N–H and O–H groups in total. The van der Waals surface area contributed by atoms with Crippen LogP contribution in [0.4, 0.5) is 0 Å². The van der Waals surface area contributed by atoms with Gasteiger partial charge in [0.05, 0.1) is 0 Å². The zero-order chi connectivity index (χ0) is 9.22. The van der Waals surface area contributed by atoms with Gasteiger partial charge in [-0.3, -0.25) is 4.90 Å². The molecule has 3 fully saturated rings. The Kier molecular flexibility index (Phi) is 1.47. The highest BCUT2D eigenvalue weighted by Gasteiger charge is 2.68. The smallest absolute Gasteiger partial charge is 0.0259 e. The molecular weight excluding hydrogens is 158 g/mol. The van der Waals surface area contributed by atoms with Crippen LogP contribution in [0.25, 0.3) is 0 Å². The highest BCUT2D eigenvalue weighted by Crippen LogP contribution is 2.65. The van der Waals surface area contributed by atoms with Crippen LogP contribution in [-0.2, 0) is 0 Å². The monoisotopic (exact) mass is 179 g/mol. The van der Waals surface area contributed by atoms with E-state index in [1.807, 2.05) is 0 Å². The summed E-state index contributed by atoms with van der Waals surface area (Å²) in [6.45, 7) is 7.19. The van der Waals surface area contributed by atoms with Gasteiger partial charge in [0.25, 0.3) is 0 Å². The lowest BCUT2D eigenvalue weighted by Crippen LogP contribution is -2.65. The van der Waals surface area contributed by atoms with Gasteiger partial charge in [-0.25, -0.2) is 0 Å². The SMILES string of the molecule is CC1CC2C(C1)C1(CC1)N2C(C)C. The molecule has 3 atom stereocenters. The quantitative estimate of drug-likeness (QED) is 0.598. The summed E-state index contributed by atoms with van der Waals surface area (Å²) in [5.74, 6) is 2.08. The van der Waals surface area contributed by atoms with E-state index in [0.29, 0.717) is 0 Å². The average molecular weight is 179 g/mol. The van der Waals surface area contributed by atoms with Gasteiger partial charge in [-0.1, -0.05) is 6.92 Å². The van der Waals surface area contributed by atoms with Crippen molar-refractivity contribution in [3.05, 3.63) is 0 Å². The summed E-state index contributed by atoms with van der Waals surface area (Å²) in [6, 6.07) is 1.76. The van der Waals surface area contributed by atoms with Crippen LogP contribution in [0.3, 0.4) is 0 Å². The van der Waals surface area contributed by atoms with Crippen molar-refractivity contribution >= 4 is 0 Å². The van der Waals surface area contributed by atoms with E-state index >= 15 is 0 Å². The maximum absolute atomic E-state index is 2.83. The minimum absolute atomic E-state index is 0.726. The second-order valence-corrected chi connectivity index (χ2v) is 5.86. The van der Waals surface area contributed by atoms with E-state index in [-0.39, 0.29) is 0 Å². The van der Waals surface area contributed by atoms with E-state index in [9.17, 15) is 0 Å². The van der Waals surface area contributed by atoms with Crippen LogP contribution in [-0.4, -0.2) is 22.5 Å². The molecule has 1 aliphatic heterocycles. The molecule has 74 valence electrons. The number of rotatable bonds is 1. The van der Waals surface area contributed by atoms with Crippen molar-refractivity contribution in [2.24, 2.45) is 11.8 Å². The average Bonchev–Trinajstić information content (AvgIpc) is 2.76. The molecule has 1 nitrogen and oxygen atoms in total. The van der Waals surface area contributed by atoms with Gasteiger partial charge in [-0.15, -0.1) is 0 Å². The molecule has 13 heavy (non-hydrogen) atoms. The predicted molar refractivity (Wildman–Crippen MR) is 54.6 cm³/mol. The highest BCUT2D eigenvalue weighted by atomic mass is 15.4. The Morgan fingerprint density at radius 3 is 2.46 bits per heavy atom. The molecule has 1 heteroatoms. The van der Waals surface area contributed by atoms with E-state index in [0.717, 1.165) is 29.5 Å². The fourth-order valence-electron chi connectivity index (χ4n) is 4.24. The maximum atomic E-state index is 2.83. The topological polar surface area (TPSA) is 3.24 Å². The van der Waals surface area contributed by atoms with Gasteiger partial charge in [-0.05, 0) is 51.4 Å². The van der Waals surface area contributed by atoms with Crippen molar-refractivity contribution in [1.29, 1.82) is 0 Å². The number of fused-ring (bicyclic) bond motifs is 2. The van der Waals surface area contributed by atoms with Crippen molar-refractivity contribution in [3.8, 4) is 0 Å². The van der Waals surface area contributed by atoms with Crippen LogP contribution in [0, 0.1) is 11.8 Å². The zero-order valence-corrected chi connectivity index (χ0v) is 9.09. The second kappa shape index (κ2) is 2.31. The largest absolute Gasteiger partial charge is 0.292 e. The van der Waals surface area contributed by atoms with Gasteiger partial charge in [0, 0.05) is 17.6 Å². The summed E-state index contributed by atoms with van der Waals surface area (Å²) < 4.78 is 0. The number of hydrogen-bond donors (Lipinski definition) is 0. The van der Waals surface area contributed by atoms with Gasteiger partial charge < -0.3 is 0 Å². The first-order valence-corrected chi connectivity index (χ1v) is 5.93. The van der Waals surface area contributed by atoms with E-state index < -0.39 is 0 Å². The summed E-state index contributed by atoms with van der Waals surface area (Å²) in [6.07, 6.45) is 6.00. The summed E-state index contributed by atoms with van der Waals surface area (Å²) in [5.41, 5.74) is 0.726. The normalized spacial score (nSPS) is 46.6. The highest BCUT2D eigenvalue weighted by molar-refractivity contribution is 5.23. The molecule has 0 bridgehead atoms. The van der Waals surface area contributed by atoms with Crippen LogP contribution in [0.1, 0.15) is 46.5 Å². The van der Waals surface area contributed by atoms with Gasteiger partial charge in [0.1, 0.15) is 0 Å². The summed E-state index contributed by atoms with van der Waals surface area (Å²) in [4.78, 5) is 2.83. The minimum atomic E-state index is 0.726. The molecule has 0 aromatic heterocycles. The Hall–Kier alpha value is -0.0400. The molecule has 0 aromatic carbocycles. The van der Waals surface area contributed by atoms with E-state index in [1.165, 1.54) is 25.7 Å². The third-order valence-electron chi connectivity index (χ3n) is 4.64. The molecule has 1 saturated heterocycles.